The molecule has 3 aromatic carbocycles. The Bertz CT molecular complexity index is 1410. The molecule has 0 bridgehead atoms. The Labute approximate surface area is 249 Å². The Kier molecular flexibility index (Phi) is 11.9. The molecule has 3 aromatic rings. The van der Waals surface area contributed by atoms with E-state index in [0.717, 1.165) is 44.3 Å². The van der Waals surface area contributed by atoms with Crippen LogP contribution < -0.4 is 9.46 Å². The summed E-state index contributed by atoms with van der Waals surface area (Å²) in [5.74, 6) is 7.25. The summed E-state index contributed by atoms with van der Waals surface area (Å²) in [7, 11) is -3.32. The van der Waals surface area contributed by atoms with Crippen LogP contribution in [0, 0.1) is 11.8 Å². The van der Waals surface area contributed by atoms with Gasteiger partial charge in [0.15, 0.2) is 0 Å². The van der Waals surface area contributed by atoms with Crippen molar-refractivity contribution in [3.63, 3.8) is 0 Å². The van der Waals surface area contributed by atoms with Gasteiger partial charge in [0.05, 0.1) is 12.8 Å². The zero-order chi connectivity index (χ0) is 28.4. The van der Waals surface area contributed by atoms with E-state index in [1.165, 1.54) is 5.56 Å². The number of ether oxygens (including phenoxy) is 2. The molecule has 0 unspecified atom stereocenters. The average Bonchev–Trinajstić information content (AvgIpc) is 2.95. The highest BCUT2D eigenvalue weighted by Crippen LogP contribution is 2.25. The predicted molar refractivity (Wildman–Crippen MR) is 164 cm³/mol. The van der Waals surface area contributed by atoms with Crippen LogP contribution in [-0.2, 0) is 27.9 Å². The quantitative estimate of drug-likeness (QED) is 0.293. The fourth-order valence-electron chi connectivity index (χ4n) is 4.56. The third-order valence-electron chi connectivity index (χ3n) is 6.59. The lowest BCUT2D eigenvalue weighted by Crippen LogP contribution is -2.47. The first-order valence-corrected chi connectivity index (χ1v) is 15.1. The Morgan fingerprint density at radius 3 is 2.15 bits per heavy atom. The zero-order valence-corrected chi connectivity index (χ0v) is 24.9. The van der Waals surface area contributed by atoms with Crippen LogP contribution in [0.2, 0.25) is 0 Å². The number of benzene rings is 3. The molecule has 0 radical (unpaired) electrons. The molecule has 1 aliphatic heterocycles. The molecule has 1 amide bonds. The molecule has 1 aliphatic rings. The predicted octanol–water partition coefficient (Wildman–Crippen LogP) is 5.90. The molecule has 218 valence electrons. The first-order chi connectivity index (χ1) is 19.3. The number of anilines is 1. The zero-order valence-electron chi connectivity index (χ0n) is 23.3. The summed E-state index contributed by atoms with van der Waals surface area (Å²) < 4.78 is 36.7. The molecular formula is C31H36ClN3O5S. The second-order valence-electron chi connectivity index (χ2n) is 9.75. The monoisotopic (exact) mass is 597 g/mol. The Balaban J connectivity index is 0.00000462. The van der Waals surface area contributed by atoms with Crippen LogP contribution >= 0.6 is 12.4 Å². The molecule has 0 atom stereocenters. The molecule has 1 N–H and O–H groups in total. The van der Waals surface area contributed by atoms with Crippen molar-refractivity contribution < 1.29 is 22.7 Å². The van der Waals surface area contributed by atoms with Crippen LogP contribution in [-0.4, -0.2) is 56.2 Å². The van der Waals surface area contributed by atoms with E-state index < -0.39 is 10.0 Å². The van der Waals surface area contributed by atoms with E-state index in [2.05, 4.69) is 21.5 Å². The Morgan fingerprint density at radius 2 is 1.56 bits per heavy atom. The second kappa shape index (κ2) is 15.3. The normalized spacial score (nSPS) is 13.7. The summed E-state index contributed by atoms with van der Waals surface area (Å²) in [6.07, 6.45) is 2.51. The van der Waals surface area contributed by atoms with Gasteiger partial charge in [-0.25, -0.2) is 13.2 Å². The third kappa shape index (κ3) is 10.3. The van der Waals surface area contributed by atoms with Gasteiger partial charge in [0.2, 0.25) is 10.0 Å². The Hall–Kier alpha value is -3.71. The molecule has 1 saturated heterocycles. The maximum absolute atomic E-state index is 12.9. The molecule has 0 spiro atoms. The average molecular weight is 598 g/mol. The molecular weight excluding hydrogens is 562 g/mol. The lowest BCUT2D eigenvalue weighted by atomic mass is 10.0. The molecule has 0 aliphatic carbocycles. The van der Waals surface area contributed by atoms with Crippen LogP contribution in [0.3, 0.4) is 0 Å². The number of hydrogen-bond donors (Lipinski definition) is 1. The van der Waals surface area contributed by atoms with E-state index in [-0.39, 0.29) is 31.1 Å². The fraction of sp³-hybridized carbons (Fsp3) is 0.323. The number of piperidine rings is 1. The lowest BCUT2D eigenvalue weighted by Gasteiger charge is -2.37. The summed E-state index contributed by atoms with van der Waals surface area (Å²) in [4.78, 5) is 17.1. The summed E-state index contributed by atoms with van der Waals surface area (Å²) >= 11 is 0. The number of rotatable bonds is 10. The third-order valence-corrected chi connectivity index (χ3v) is 7.19. The number of halogens is 1. The molecule has 1 heterocycles. The van der Waals surface area contributed by atoms with Crippen molar-refractivity contribution in [3.05, 3.63) is 90.0 Å². The molecule has 10 heteroatoms. The topological polar surface area (TPSA) is 88.2 Å². The minimum atomic E-state index is -3.32. The van der Waals surface area contributed by atoms with Crippen molar-refractivity contribution in [2.75, 3.05) is 30.6 Å². The van der Waals surface area contributed by atoms with E-state index in [1.807, 2.05) is 54.6 Å². The van der Waals surface area contributed by atoms with Gasteiger partial charge in [0.1, 0.15) is 18.1 Å². The first kappa shape index (κ1) is 31.8. The van der Waals surface area contributed by atoms with Crippen molar-refractivity contribution in [1.82, 2.24) is 9.80 Å². The van der Waals surface area contributed by atoms with E-state index >= 15 is 0 Å². The van der Waals surface area contributed by atoms with Gasteiger partial charge in [-0.15, -0.1) is 18.3 Å². The number of nitrogens with zero attached hydrogens (tertiary/aromatic N) is 2. The highest BCUT2D eigenvalue weighted by molar-refractivity contribution is 7.92. The van der Waals surface area contributed by atoms with Gasteiger partial charge in [-0.1, -0.05) is 48.4 Å². The summed E-state index contributed by atoms with van der Waals surface area (Å²) in [5.41, 5.74) is 2.62. The number of likely N-dealkylation sites (tertiary alicyclic amines) is 1. The van der Waals surface area contributed by atoms with E-state index in [0.29, 0.717) is 23.7 Å². The first-order valence-electron chi connectivity index (χ1n) is 13.2. The maximum Gasteiger partial charge on any atom is 0.411 e. The minimum absolute atomic E-state index is 0. The molecule has 0 saturated carbocycles. The molecule has 8 nitrogen and oxygen atoms in total. The van der Waals surface area contributed by atoms with Crippen molar-refractivity contribution in [2.24, 2.45) is 0 Å². The SMILES string of the molecule is CC#CCN(C(=O)OCc1ccccc1)C1CCN(Cc2ccc(Oc3ccc(NS(C)(=O)=O)cc3)cc2)CC1.Cl. The molecule has 41 heavy (non-hydrogen) atoms. The van der Waals surface area contributed by atoms with E-state index in [9.17, 15) is 13.2 Å². The minimum Gasteiger partial charge on any atom is -0.457 e. The van der Waals surface area contributed by atoms with Crippen LogP contribution in [0.15, 0.2) is 78.9 Å². The van der Waals surface area contributed by atoms with Gasteiger partial charge in [0, 0.05) is 31.4 Å². The number of carbonyl (C=O) groups excluding carboxylic acids is 1. The maximum atomic E-state index is 12.9. The van der Waals surface area contributed by atoms with Gasteiger partial charge in [0.25, 0.3) is 0 Å². The van der Waals surface area contributed by atoms with Crippen LogP contribution in [0.25, 0.3) is 0 Å². The van der Waals surface area contributed by atoms with Gasteiger partial charge in [-0.05, 0) is 67.3 Å². The highest BCUT2D eigenvalue weighted by Gasteiger charge is 2.28. The van der Waals surface area contributed by atoms with Gasteiger partial charge in [-0.3, -0.25) is 14.5 Å². The summed E-state index contributed by atoms with van der Waals surface area (Å²) in [5, 5.41) is 0. The van der Waals surface area contributed by atoms with Crippen molar-refractivity contribution in [2.45, 2.75) is 39.0 Å². The molecule has 4 rings (SSSR count). The van der Waals surface area contributed by atoms with E-state index in [1.54, 1.807) is 36.1 Å². The van der Waals surface area contributed by atoms with Crippen LogP contribution in [0.4, 0.5) is 10.5 Å². The number of hydrogen-bond acceptors (Lipinski definition) is 6. The summed E-state index contributed by atoms with van der Waals surface area (Å²) in [6, 6.07) is 24.5. The van der Waals surface area contributed by atoms with Crippen molar-refractivity contribution >= 4 is 34.2 Å². The number of carbonyl (C=O) groups is 1. The number of nitrogens with one attached hydrogen (secondary N) is 1. The highest BCUT2D eigenvalue weighted by atomic mass is 35.5. The second-order valence-corrected chi connectivity index (χ2v) is 11.5. The van der Waals surface area contributed by atoms with Crippen LogP contribution in [0.5, 0.6) is 11.5 Å². The fourth-order valence-corrected chi connectivity index (χ4v) is 5.12. The Morgan fingerprint density at radius 1 is 0.951 bits per heavy atom. The largest absolute Gasteiger partial charge is 0.457 e. The summed E-state index contributed by atoms with van der Waals surface area (Å²) in [6.45, 7) is 4.96. The van der Waals surface area contributed by atoms with Crippen molar-refractivity contribution in [1.29, 1.82) is 0 Å². The molecule has 1 fully saturated rings. The van der Waals surface area contributed by atoms with Gasteiger partial charge < -0.3 is 9.47 Å². The van der Waals surface area contributed by atoms with E-state index in [4.69, 9.17) is 9.47 Å². The molecule has 0 aromatic heterocycles. The van der Waals surface area contributed by atoms with Crippen molar-refractivity contribution in [3.8, 4) is 23.3 Å². The smallest absolute Gasteiger partial charge is 0.411 e. The lowest BCUT2D eigenvalue weighted by molar-refractivity contribution is 0.0656. The number of amides is 1. The standard InChI is InChI=1S/C31H35N3O5S.ClH/c1-3-4-20-34(31(35)38-24-26-8-6-5-7-9-26)28-18-21-33(22-19-28)23-25-10-14-29(15-11-25)39-30-16-12-27(13-17-30)32-40(2,36)37;/h5-17,28,32H,18-24H2,1-2H3;1H. The number of sulfonamides is 1. The van der Waals surface area contributed by atoms with Crippen LogP contribution in [0.1, 0.15) is 30.9 Å². The van der Waals surface area contributed by atoms with Gasteiger partial charge >= 0.3 is 6.09 Å². The van der Waals surface area contributed by atoms with Gasteiger partial charge in [-0.2, -0.15) is 0 Å².